The summed E-state index contributed by atoms with van der Waals surface area (Å²) in [5.74, 6) is 0.501. The van der Waals surface area contributed by atoms with E-state index < -0.39 is 0 Å². The Balaban J connectivity index is 3.28. The molecule has 1 aromatic rings. The third-order valence-corrected chi connectivity index (χ3v) is 2.48. The van der Waals surface area contributed by atoms with Crippen LogP contribution in [0.15, 0.2) is 16.6 Å². The number of rotatable bonds is 3. The van der Waals surface area contributed by atoms with E-state index in [4.69, 9.17) is 16.3 Å². The van der Waals surface area contributed by atoms with Crippen molar-refractivity contribution in [2.24, 2.45) is 0 Å². The van der Waals surface area contributed by atoms with E-state index in [9.17, 15) is 4.79 Å². The number of halogens is 2. The third-order valence-electron chi connectivity index (χ3n) is 1.68. The molecule has 0 aromatic heterocycles. The third kappa shape index (κ3) is 2.49. The van der Waals surface area contributed by atoms with Crippen LogP contribution in [0.3, 0.4) is 0 Å². The molecule has 0 spiro atoms. The van der Waals surface area contributed by atoms with Gasteiger partial charge in [0, 0.05) is 5.02 Å². The molecule has 1 aromatic carbocycles. The van der Waals surface area contributed by atoms with Gasteiger partial charge in [-0.05, 0) is 41.9 Å². The predicted molar refractivity (Wildman–Crippen MR) is 60.3 cm³/mol. The number of hydrogen-bond acceptors (Lipinski definition) is 2. The number of hydrogen-bond donors (Lipinski definition) is 0. The molecule has 0 heterocycles. The van der Waals surface area contributed by atoms with Crippen LogP contribution in [-0.2, 0) is 0 Å². The van der Waals surface area contributed by atoms with Gasteiger partial charge in [0.1, 0.15) is 5.75 Å². The second kappa shape index (κ2) is 4.80. The maximum absolute atomic E-state index is 11.3. The normalized spacial score (nSPS) is 10.0. The van der Waals surface area contributed by atoms with Crippen LogP contribution < -0.4 is 4.74 Å². The molecule has 0 aliphatic rings. The summed E-state index contributed by atoms with van der Waals surface area (Å²) < 4.78 is 6.06. The average molecular weight is 278 g/mol. The molecule has 0 radical (unpaired) electrons. The first-order valence-corrected chi connectivity index (χ1v) is 5.36. The highest BCUT2D eigenvalue weighted by Gasteiger charge is 2.13. The van der Waals surface area contributed by atoms with Crippen molar-refractivity contribution in [3.8, 4) is 5.75 Å². The lowest BCUT2D eigenvalue weighted by Crippen LogP contribution is -2.01. The highest BCUT2D eigenvalue weighted by molar-refractivity contribution is 9.10. The summed E-state index contributed by atoms with van der Waals surface area (Å²) in [7, 11) is 0. The molecule has 2 nitrogen and oxygen atoms in total. The smallest absolute Gasteiger partial charge is 0.163 e. The fraction of sp³-hybridized carbons (Fsp3) is 0.300. The molecule has 76 valence electrons. The van der Waals surface area contributed by atoms with Gasteiger partial charge in [-0.1, -0.05) is 11.6 Å². The monoisotopic (exact) mass is 276 g/mol. The summed E-state index contributed by atoms with van der Waals surface area (Å²) >= 11 is 9.13. The molecule has 0 aliphatic heterocycles. The molecule has 0 saturated heterocycles. The van der Waals surface area contributed by atoms with Gasteiger partial charge >= 0.3 is 0 Å². The molecule has 4 heteroatoms. The Kier molecular flexibility index (Phi) is 3.96. The van der Waals surface area contributed by atoms with Crippen molar-refractivity contribution in [3.05, 3.63) is 27.2 Å². The van der Waals surface area contributed by atoms with E-state index in [1.54, 1.807) is 12.1 Å². The highest BCUT2D eigenvalue weighted by Crippen LogP contribution is 2.32. The van der Waals surface area contributed by atoms with Gasteiger partial charge in [0.2, 0.25) is 0 Å². The molecular weight excluding hydrogens is 267 g/mol. The van der Waals surface area contributed by atoms with E-state index in [1.165, 1.54) is 6.92 Å². The van der Waals surface area contributed by atoms with Crippen LogP contribution in [0.2, 0.25) is 5.02 Å². The van der Waals surface area contributed by atoms with Crippen LogP contribution in [-0.4, -0.2) is 12.4 Å². The molecule has 14 heavy (non-hydrogen) atoms. The average Bonchev–Trinajstić information content (AvgIpc) is 2.09. The first-order valence-electron chi connectivity index (χ1n) is 4.19. The zero-order valence-corrected chi connectivity index (χ0v) is 10.3. The Morgan fingerprint density at radius 1 is 1.57 bits per heavy atom. The number of carbonyl (C=O) groups excluding carboxylic acids is 1. The summed E-state index contributed by atoms with van der Waals surface area (Å²) in [6, 6.07) is 3.32. The van der Waals surface area contributed by atoms with Crippen molar-refractivity contribution in [1.29, 1.82) is 0 Å². The lowest BCUT2D eigenvalue weighted by Gasteiger charge is -2.10. The molecule has 0 N–H and O–H groups in total. The lowest BCUT2D eigenvalue weighted by molar-refractivity contribution is 0.101. The van der Waals surface area contributed by atoms with Gasteiger partial charge < -0.3 is 4.74 Å². The van der Waals surface area contributed by atoms with Gasteiger partial charge in [0.05, 0.1) is 16.6 Å². The Morgan fingerprint density at radius 2 is 2.21 bits per heavy atom. The topological polar surface area (TPSA) is 26.3 Å². The SMILES string of the molecule is CCOc1c(Br)cc(Cl)cc1C(C)=O. The summed E-state index contributed by atoms with van der Waals surface area (Å²) in [5, 5.41) is 0.519. The number of benzene rings is 1. The molecule has 0 fully saturated rings. The molecule has 0 saturated carbocycles. The number of ketones is 1. The second-order valence-electron chi connectivity index (χ2n) is 2.75. The predicted octanol–water partition coefficient (Wildman–Crippen LogP) is 3.70. The molecule has 0 atom stereocenters. The summed E-state index contributed by atoms with van der Waals surface area (Å²) in [5.41, 5.74) is 0.506. The fourth-order valence-electron chi connectivity index (χ4n) is 1.11. The highest BCUT2D eigenvalue weighted by atomic mass is 79.9. The van der Waals surface area contributed by atoms with Gasteiger partial charge in [-0.2, -0.15) is 0 Å². The molecule has 0 aliphatic carbocycles. The summed E-state index contributed by atoms with van der Waals surface area (Å²) in [6.45, 7) is 3.87. The van der Waals surface area contributed by atoms with Gasteiger partial charge in [-0.15, -0.1) is 0 Å². The first kappa shape index (κ1) is 11.5. The number of Topliss-reactive ketones (excluding diaryl/α,β-unsaturated/α-hetero) is 1. The van der Waals surface area contributed by atoms with Crippen LogP contribution >= 0.6 is 27.5 Å². The minimum absolute atomic E-state index is 0.0587. The van der Waals surface area contributed by atoms with E-state index >= 15 is 0 Å². The Morgan fingerprint density at radius 3 is 2.71 bits per heavy atom. The zero-order chi connectivity index (χ0) is 10.7. The maximum atomic E-state index is 11.3. The van der Waals surface area contributed by atoms with Crippen LogP contribution in [0.1, 0.15) is 24.2 Å². The van der Waals surface area contributed by atoms with Crippen LogP contribution in [0.25, 0.3) is 0 Å². The quantitative estimate of drug-likeness (QED) is 0.787. The largest absolute Gasteiger partial charge is 0.492 e. The van der Waals surface area contributed by atoms with E-state index in [2.05, 4.69) is 15.9 Å². The van der Waals surface area contributed by atoms with Crippen molar-refractivity contribution in [2.45, 2.75) is 13.8 Å². The first-order chi connectivity index (χ1) is 6.56. The fourth-order valence-corrected chi connectivity index (χ4v) is 2.04. The van der Waals surface area contributed by atoms with Crippen LogP contribution in [0.4, 0.5) is 0 Å². The molecule has 1 rings (SSSR count). The molecule has 0 amide bonds. The van der Waals surface area contributed by atoms with Gasteiger partial charge in [0.15, 0.2) is 5.78 Å². The van der Waals surface area contributed by atoms with Crippen molar-refractivity contribution in [3.63, 3.8) is 0 Å². The van der Waals surface area contributed by atoms with Crippen molar-refractivity contribution < 1.29 is 9.53 Å². The summed E-state index contributed by atoms with van der Waals surface area (Å²) in [4.78, 5) is 11.3. The minimum Gasteiger partial charge on any atom is -0.492 e. The van der Waals surface area contributed by atoms with Gasteiger partial charge in [0.25, 0.3) is 0 Å². The number of ether oxygens (including phenoxy) is 1. The van der Waals surface area contributed by atoms with Crippen molar-refractivity contribution in [1.82, 2.24) is 0 Å². The lowest BCUT2D eigenvalue weighted by atomic mass is 10.1. The molecule has 0 unspecified atom stereocenters. The molecule has 0 bridgehead atoms. The molecular formula is C10H10BrClO2. The van der Waals surface area contributed by atoms with Crippen LogP contribution in [0.5, 0.6) is 5.75 Å². The van der Waals surface area contributed by atoms with Crippen molar-refractivity contribution >= 4 is 33.3 Å². The zero-order valence-electron chi connectivity index (χ0n) is 7.93. The Hall–Kier alpha value is -0.540. The van der Waals surface area contributed by atoms with E-state index in [0.29, 0.717) is 27.4 Å². The van der Waals surface area contributed by atoms with E-state index in [1.807, 2.05) is 6.92 Å². The standard InChI is InChI=1S/C10H10BrClO2/c1-3-14-10-8(6(2)13)4-7(12)5-9(10)11/h4-5H,3H2,1-2H3. The Bertz CT molecular complexity index is 363. The minimum atomic E-state index is -0.0587. The Labute approximate surface area is 96.3 Å². The summed E-state index contributed by atoms with van der Waals surface area (Å²) in [6.07, 6.45) is 0. The van der Waals surface area contributed by atoms with Gasteiger partial charge in [-0.25, -0.2) is 0 Å². The van der Waals surface area contributed by atoms with Crippen LogP contribution in [0, 0.1) is 0 Å². The second-order valence-corrected chi connectivity index (χ2v) is 4.04. The number of carbonyl (C=O) groups is 1. The van der Waals surface area contributed by atoms with E-state index in [-0.39, 0.29) is 5.78 Å². The maximum Gasteiger partial charge on any atom is 0.163 e. The van der Waals surface area contributed by atoms with Crippen molar-refractivity contribution in [2.75, 3.05) is 6.61 Å². The van der Waals surface area contributed by atoms with Gasteiger partial charge in [-0.3, -0.25) is 4.79 Å². The van der Waals surface area contributed by atoms with E-state index in [0.717, 1.165) is 0 Å².